The molecule has 1 fully saturated rings. The fourth-order valence-electron chi connectivity index (χ4n) is 3.71. The van der Waals surface area contributed by atoms with Crippen LogP contribution >= 0.6 is 0 Å². The zero-order valence-electron chi connectivity index (χ0n) is 17.2. The number of urea groups is 1. The Labute approximate surface area is 175 Å². The number of hydrogen-bond donors (Lipinski definition) is 2. The Hall–Kier alpha value is -3.22. The number of halogens is 1. The third-order valence-electron chi connectivity index (χ3n) is 5.40. The van der Waals surface area contributed by atoms with Crippen molar-refractivity contribution in [3.8, 4) is 0 Å². The number of nitrogens with zero attached hydrogens (tertiary/aromatic N) is 1. The van der Waals surface area contributed by atoms with Crippen molar-refractivity contribution >= 4 is 17.8 Å². The highest BCUT2D eigenvalue weighted by atomic mass is 19.1. The number of carbonyl (C=O) groups is 3. The lowest BCUT2D eigenvalue weighted by Gasteiger charge is -2.27. The van der Waals surface area contributed by atoms with Gasteiger partial charge in [-0.2, -0.15) is 0 Å². The van der Waals surface area contributed by atoms with Gasteiger partial charge in [0.2, 0.25) is 5.91 Å². The molecule has 1 saturated heterocycles. The van der Waals surface area contributed by atoms with Crippen LogP contribution in [0.25, 0.3) is 0 Å². The molecule has 2 aromatic carbocycles. The molecule has 2 aromatic rings. The number of unbranched alkanes of at least 4 members (excludes halogenated alkanes) is 1. The molecule has 30 heavy (non-hydrogen) atoms. The quantitative estimate of drug-likeness (QED) is 0.651. The molecule has 1 heterocycles. The minimum absolute atomic E-state index is 0.263. The predicted molar refractivity (Wildman–Crippen MR) is 111 cm³/mol. The van der Waals surface area contributed by atoms with E-state index in [9.17, 15) is 18.8 Å². The van der Waals surface area contributed by atoms with Gasteiger partial charge in [0, 0.05) is 0 Å². The van der Waals surface area contributed by atoms with Crippen LogP contribution in [-0.4, -0.2) is 29.3 Å². The second-order valence-corrected chi connectivity index (χ2v) is 7.54. The fourth-order valence-corrected chi connectivity index (χ4v) is 3.71. The number of carbonyl (C=O) groups excluding carboxylic acids is 3. The number of amides is 4. The summed E-state index contributed by atoms with van der Waals surface area (Å²) < 4.78 is 13.4. The third kappa shape index (κ3) is 4.35. The molecule has 0 bridgehead atoms. The fraction of sp³-hybridized carbons (Fsp3) is 0.348. The van der Waals surface area contributed by atoms with Crippen LogP contribution in [0, 0.1) is 5.82 Å². The highest BCUT2D eigenvalue weighted by Gasteiger charge is 2.52. The Bertz CT molecular complexity index is 917. The van der Waals surface area contributed by atoms with Crippen molar-refractivity contribution in [3.63, 3.8) is 0 Å². The maximum atomic E-state index is 13.4. The topological polar surface area (TPSA) is 78.5 Å². The van der Waals surface area contributed by atoms with Crippen LogP contribution in [0.2, 0.25) is 0 Å². The van der Waals surface area contributed by atoms with Crippen LogP contribution in [0.1, 0.15) is 50.3 Å². The largest absolute Gasteiger partial charge is 0.348 e. The molecule has 3 rings (SSSR count). The minimum atomic E-state index is -1.29. The first-order valence-electron chi connectivity index (χ1n) is 10.1. The van der Waals surface area contributed by atoms with E-state index in [1.54, 1.807) is 0 Å². The van der Waals surface area contributed by atoms with Crippen molar-refractivity contribution in [3.05, 3.63) is 71.5 Å². The van der Waals surface area contributed by atoms with E-state index in [0.29, 0.717) is 18.4 Å². The number of rotatable bonds is 8. The van der Waals surface area contributed by atoms with Gasteiger partial charge in [0.25, 0.3) is 5.91 Å². The van der Waals surface area contributed by atoms with Gasteiger partial charge in [-0.1, -0.05) is 62.2 Å². The lowest BCUT2D eigenvalue weighted by molar-refractivity contribution is -0.135. The Morgan fingerprint density at radius 3 is 2.43 bits per heavy atom. The normalized spacial score (nSPS) is 19.5. The lowest BCUT2D eigenvalue weighted by Crippen LogP contribution is -2.45. The molecule has 1 aliphatic heterocycles. The summed E-state index contributed by atoms with van der Waals surface area (Å²) >= 11 is 0. The zero-order valence-corrected chi connectivity index (χ0v) is 17.2. The van der Waals surface area contributed by atoms with Crippen molar-refractivity contribution in [2.75, 3.05) is 6.54 Å². The Kier molecular flexibility index (Phi) is 6.50. The first-order valence-corrected chi connectivity index (χ1v) is 10.1. The van der Waals surface area contributed by atoms with Gasteiger partial charge in [-0.05, 0) is 36.6 Å². The third-order valence-corrected chi connectivity index (χ3v) is 5.40. The summed E-state index contributed by atoms with van der Waals surface area (Å²) in [5, 5.41) is 5.58. The standard InChI is InChI=1S/C23H26FN3O3/c1-3-4-14-23(18-10-12-19(24)13-11-18)21(29)27(22(30)26-23)15-20(28)25-16(2)17-8-6-5-7-9-17/h5-13,16H,3-4,14-15H2,1-2H3,(H,25,28)(H,26,30)/t16-,23+/m1/s1. The summed E-state index contributed by atoms with van der Waals surface area (Å²) in [6.45, 7) is 3.44. The van der Waals surface area contributed by atoms with E-state index >= 15 is 0 Å². The van der Waals surface area contributed by atoms with Crippen LogP contribution in [0.5, 0.6) is 0 Å². The molecule has 0 radical (unpaired) electrons. The maximum absolute atomic E-state index is 13.4. The van der Waals surface area contributed by atoms with Gasteiger partial charge in [0.1, 0.15) is 17.9 Å². The van der Waals surface area contributed by atoms with E-state index in [2.05, 4.69) is 10.6 Å². The molecular formula is C23H26FN3O3. The van der Waals surface area contributed by atoms with Gasteiger partial charge in [-0.15, -0.1) is 0 Å². The summed E-state index contributed by atoms with van der Waals surface area (Å²) in [4.78, 5) is 39.4. The highest BCUT2D eigenvalue weighted by molar-refractivity contribution is 6.09. The highest BCUT2D eigenvalue weighted by Crippen LogP contribution is 2.34. The minimum Gasteiger partial charge on any atom is -0.348 e. The van der Waals surface area contributed by atoms with Gasteiger partial charge in [-0.3, -0.25) is 14.5 Å². The first kappa shape index (κ1) is 21.5. The lowest BCUT2D eigenvalue weighted by atomic mass is 9.85. The van der Waals surface area contributed by atoms with E-state index in [0.717, 1.165) is 16.9 Å². The molecule has 158 valence electrons. The number of benzene rings is 2. The summed E-state index contributed by atoms with van der Waals surface area (Å²) in [6.07, 6.45) is 1.88. The number of nitrogens with one attached hydrogen (secondary N) is 2. The van der Waals surface area contributed by atoms with Crippen LogP contribution in [0.15, 0.2) is 54.6 Å². The van der Waals surface area contributed by atoms with Gasteiger partial charge < -0.3 is 10.6 Å². The van der Waals surface area contributed by atoms with Crippen LogP contribution in [0.3, 0.4) is 0 Å². The van der Waals surface area contributed by atoms with Crippen LogP contribution in [0.4, 0.5) is 9.18 Å². The van der Waals surface area contributed by atoms with Crippen molar-refractivity contribution in [2.24, 2.45) is 0 Å². The van der Waals surface area contributed by atoms with Crippen molar-refractivity contribution in [2.45, 2.75) is 44.7 Å². The Morgan fingerprint density at radius 2 is 1.80 bits per heavy atom. The molecule has 0 aromatic heterocycles. The number of hydrogen-bond acceptors (Lipinski definition) is 3. The first-order chi connectivity index (χ1) is 14.4. The van der Waals surface area contributed by atoms with Gasteiger partial charge in [0.15, 0.2) is 0 Å². The van der Waals surface area contributed by atoms with Crippen LogP contribution in [-0.2, 0) is 15.1 Å². The van der Waals surface area contributed by atoms with Gasteiger partial charge in [0.05, 0.1) is 6.04 Å². The summed E-state index contributed by atoms with van der Waals surface area (Å²) in [7, 11) is 0. The summed E-state index contributed by atoms with van der Waals surface area (Å²) in [6, 6.07) is 14.1. The van der Waals surface area contributed by atoms with Crippen molar-refractivity contribution < 1.29 is 18.8 Å². The van der Waals surface area contributed by atoms with Gasteiger partial charge >= 0.3 is 6.03 Å². The monoisotopic (exact) mass is 411 g/mol. The average molecular weight is 411 g/mol. The average Bonchev–Trinajstić information content (AvgIpc) is 2.98. The molecule has 4 amide bonds. The Morgan fingerprint density at radius 1 is 1.13 bits per heavy atom. The predicted octanol–water partition coefficient (Wildman–Crippen LogP) is 3.64. The van der Waals surface area contributed by atoms with Crippen molar-refractivity contribution in [1.29, 1.82) is 0 Å². The van der Waals surface area contributed by atoms with Gasteiger partial charge in [-0.25, -0.2) is 9.18 Å². The van der Waals surface area contributed by atoms with E-state index < -0.39 is 29.2 Å². The summed E-state index contributed by atoms with van der Waals surface area (Å²) in [5.41, 5.74) is 0.148. The molecule has 0 spiro atoms. The second kappa shape index (κ2) is 9.07. The summed E-state index contributed by atoms with van der Waals surface area (Å²) in [5.74, 6) is -1.34. The molecule has 7 heteroatoms. The SMILES string of the molecule is CCCC[C@@]1(c2ccc(F)cc2)NC(=O)N(CC(=O)N[C@H](C)c2ccccc2)C1=O. The zero-order chi connectivity index (χ0) is 21.7. The van der Waals surface area contributed by atoms with E-state index in [1.165, 1.54) is 24.3 Å². The van der Waals surface area contributed by atoms with E-state index in [1.807, 2.05) is 44.2 Å². The molecule has 6 nitrogen and oxygen atoms in total. The maximum Gasteiger partial charge on any atom is 0.325 e. The molecule has 0 unspecified atom stereocenters. The van der Waals surface area contributed by atoms with Crippen LogP contribution < -0.4 is 10.6 Å². The second-order valence-electron chi connectivity index (χ2n) is 7.54. The molecule has 0 aliphatic carbocycles. The van der Waals surface area contributed by atoms with Crippen molar-refractivity contribution in [1.82, 2.24) is 15.5 Å². The van der Waals surface area contributed by atoms with E-state index in [4.69, 9.17) is 0 Å². The smallest absolute Gasteiger partial charge is 0.325 e. The molecule has 2 atom stereocenters. The number of imide groups is 1. The molecule has 2 N–H and O–H groups in total. The molecular weight excluding hydrogens is 385 g/mol. The molecule has 0 saturated carbocycles. The Balaban J connectivity index is 1.77. The van der Waals surface area contributed by atoms with E-state index in [-0.39, 0.29) is 12.6 Å². The molecule has 1 aliphatic rings.